The molecule has 1 aliphatic rings. The minimum absolute atomic E-state index is 0.389. The summed E-state index contributed by atoms with van der Waals surface area (Å²) in [4.78, 5) is 10.3. The van der Waals surface area contributed by atoms with Crippen LogP contribution in [0.5, 0.6) is 0 Å². The first-order valence-corrected chi connectivity index (χ1v) is 5.15. The van der Waals surface area contributed by atoms with Crippen molar-refractivity contribution in [2.75, 3.05) is 30.8 Å². The Kier molecular flexibility index (Phi) is 3.01. The summed E-state index contributed by atoms with van der Waals surface area (Å²) in [5.74, 6) is 1.44. The van der Waals surface area contributed by atoms with Crippen LogP contribution < -0.4 is 10.6 Å². The average molecular weight is 208 g/mol. The summed E-state index contributed by atoms with van der Waals surface area (Å²) in [5, 5.41) is 0. The number of methoxy groups -OCH3 is 1. The molecule has 2 N–H and O–H groups in total. The highest BCUT2D eigenvalue weighted by molar-refractivity contribution is 5.46. The number of hydrogen-bond acceptors (Lipinski definition) is 5. The minimum atomic E-state index is 0.389. The molecule has 2 heterocycles. The molecule has 5 heteroatoms. The smallest absolute Gasteiger partial charge is 0.134 e. The summed E-state index contributed by atoms with van der Waals surface area (Å²) >= 11 is 0. The number of hydrogen-bond donors (Lipinski definition) is 1. The second kappa shape index (κ2) is 4.44. The Morgan fingerprint density at radius 3 is 2.73 bits per heavy atom. The Balaban J connectivity index is 2.01. The molecule has 0 bridgehead atoms. The molecule has 0 amide bonds. The van der Waals surface area contributed by atoms with Crippen LogP contribution in [0, 0.1) is 0 Å². The fourth-order valence-corrected chi connectivity index (χ4v) is 1.86. The Morgan fingerprint density at radius 1 is 1.40 bits per heavy atom. The number of nitrogens with two attached hydrogens (primary N) is 1. The van der Waals surface area contributed by atoms with Crippen LogP contribution in [-0.4, -0.2) is 36.3 Å². The first-order valence-electron chi connectivity index (χ1n) is 5.15. The van der Waals surface area contributed by atoms with Crippen molar-refractivity contribution in [2.45, 2.75) is 18.9 Å². The van der Waals surface area contributed by atoms with Crippen LogP contribution in [0.1, 0.15) is 12.8 Å². The molecule has 0 aromatic carbocycles. The van der Waals surface area contributed by atoms with Gasteiger partial charge in [0.25, 0.3) is 0 Å². The van der Waals surface area contributed by atoms with Gasteiger partial charge in [-0.2, -0.15) is 0 Å². The van der Waals surface area contributed by atoms with E-state index in [1.54, 1.807) is 7.11 Å². The van der Waals surface area contributed by atoms with E-state index in [1.807, 2.05) is 6.07 Å². The lowest BCUT2D eigenvalue weighted by Gasteiger charge is -2.31. The highest BCUT2D eigenvalue weighted by atomic mass is 16.5. The maximum Gasteiger partial charge on any atom is 0.134 e. The quantitative estimate of drug-likeness (QED) is 0.774. The van der Waals surface area contributed by atoms with Crippen LogP contribution >= 0.6 is 0 Å². The van der Waals surface area contributed by atoms with E-state index < -0.39 is 0 Å². The maximum absolute atomic E-state index is 5.62. The van der Waals surface area contributed by atoms with Crippen LogP contribution in [0.25, 0.3) is 0 Å². The zero-order valence-corrected chi connectivity index (χ0v) is 8.89. The van der Waals surface area contributed by atoms with E-state index in [-0.39, 0.29) is 0 Å². The molecule has 0 aliphatic carbocycles. The lowest BCUT2D eigenvalue weighted by Crippen LogP contribution is -2.37. The van der Waals surface area contributed by atoms with Crippen molar-refractivity contribution in [1.29, 1.82) is 0 Å². The third-order valence-electron chi connectivity index (χ3n) is 2.77. The first kappa shape index (κ1) is 10.2. The summed E-state index contributed by atoms with van der Waals surface area (Å²) in [6.45, 7) is 1.93. The monoisotopic (exact) mass is 208 g/mol. The largest absolute Gasteiger partial charge is 0.384 e. The second-order valence-corrected chi connectivity index (χ2v) is 3.72. The van der Waals surface area contributed by atoms with Gasteiger partial charge in [0.05, 0.1) is 6.10 Å². The molecule has 15 heavy (non-hydrogen) atoms. The number of nitrogen functional groups attached to an aromatic ring is 1. The molecule has 0 saturated carbocycles. The third kappa shape index (κ3) is 2.36. The predicted molar refractivity (Wildman–Crippen MR) is 58.7 cm³/mol. The fraction of sp³-hybridized carbons (Fsp3) is 0.600. The average Bonchev–Trinajstić information content (AvgIpc) is 2.29. The van der Waals surface area contributed by atoms with Crippen molar-refractivity contribution in [3.05, 3.63) is 12.4 Å². The lowest BCUT2D eigenvalue weighted by molar-refractivity contribution is 0.0818. The lowest BCUT2D eigenvalue weighted by atomic mass is 10.1. The number of anilines is 2. The van der Waals surface area contributed by atoms with Gasteiger partial charge in [0.1, 0.15) is 18.0 Å². The zero-order valence-electron chi connectivity index (χ0n) is 8.89. The minimum Gasteiger partial charge on any atom is -0.384 e. The van der Waals surface area contributed by atoms with Gasteiger partial charge >= 0.3 is 0 Å². The zero-order chi connectivity index (χ0) is 10.7. The molecule has 0 atom stereocenters. The Hall–Kier alpha value is -1.36. The van der Waals surface area contributed by atoms with Gasteiger partial charge in [0.15, 0.2) is 0 Å². The highest BCUT2D eigenvalue weighted by Crippen LogP contribution is 2.19. The molecule has 5 nitrogen and oxygen atoms in total. The van der Waals surface area contributed by atoms with E-state index in [0.717, 1.165) is 31.7 Å². The SMILES string of the molecule is COC1CCN(c2cc(N)ncn2)CC1. The summed E-state index contributed by atoms with van der Waals surface area (Å²) in [6.07, 6.45) is 3.98. The van der Waals surface area contributed by atoms with Crippen molar-refractivity contribution in [2.24, 2.45) is 0 Å². The Bertz CT molecular complexity index is 323. The number of ether oxygens (including phenoxy) is 1. The van der Waals surface area contributed by atoms with E-state index >= 15 is 0 Å². The van der Waals surface area contributed by atoms with Gasteiger partial charge < -0.3 is 15.4 Å². The molecular formula is C10H16N4O. The van der Waals surface area contributed by atoms with Gasteiger partial charge in [-0.1, -0.05) is 0 Å². The fourth-order valence-electron chi connectivity index (χ4n) is 1.86. The first-order chi connectivity index (χ1) is 7.29. The van der Waals surface area contributed by atoms with Crippen molar-refractivity contribution in [3.8, 4) is 0 Å². The molecular weight excluding hydrogens is 192 g/mol. The van der Waals surface area contributed by atoms with Gasteiger partial charge in [0, 0.05) is 26.3 Å². The highest BCUT2D eigenvalue weighted by Gasteiger charge is 2.19. The molecule has 0 spiro atoms. The van der Waals surface area contributed by atoms with Gasteiger partial charge in [-0.25, -0.2) is 9.97 Å². The second-order valence-electron chi connectivity index (χ2n) is 3.72. The van der Waals surface area contributed by atoms with Crippen molar-refractivity contribution in [3.63, 3.8) is 0 Å². The van der Waals surface area contributed by atoms with E-state index in [2.05, 4.69) is 14.9 Å². The molecule has 1 saturated heterocycles. The molecule has 0 radical (unpaired) electrons. The van der Waals surface area contributed by atoms with Crippen molar-refractivity contribution < 1.29 is 4.74 Å². The Labute approximate surface area is 89.3 Å². The van der Waals surface area contributed by atoms with Crippen LogP contribution in [0.3, 0.4) is 0 Å². The van der Waals surface area contributed by atoms with E-state index in [4.69, 9.17) is 10.5 Å². The number of rotatable bonds is 2. The predicted octanol–water partition coefficient (Wildman–Crippen LogP) is 0.674. The Morgan fingerprint density at radius 2 is 2.13 bits per heavy atom. The van der Waals surface area contributed by atoms with Crippen molar-refractivity contribution >= 4 is 11.6 Å². The van der Waals surface area contributed by atoms with E-state index in [0.29, 0.717) is 11.9 Å². The molecule has 1 fully saturated rings. The van der Waals surface area contributed by atoms with Crippen LogP contribution in [0.4, 0.5) is 11.6 Å². The van der Waals surface area contributed by atoms with Gasteiger partial charge in [-0.15, -0.1) is 0 Å². The van der Waals surface area contributed by atoms with E-state index in [9.17, 15) is 0 Å². The maximum atomic E-state index is 5.62. The topological polar surface area (TPSA) is 64.3 Å². The molecule has 82 valence electrons. The molecule has 2 rings (SSSR count). The molecule has 0 unspecified atom stereocenters. The van der Waals surface area contributed by atoms with Gasteiger partial charge in [-0.3, -0.25) is 0 Å². The van der Waals surface area contributed by atoms with E-state index in [1.165, 1.54) is 6.33 Å². The number of piperidine rings is 1. The summed E-state index contributed by atoms with van der Waals surface area (Å²) in [5.41, 5.74) is 5.62. The molecule has 1 aliphatic heterocycles. The number of nitrogens with zero attached hydrogens (tertiary/aromatic N) is 3. The summed E-state index contributed by atoms with van der Waals surface area (Å²) < 4.78 is 5.31. The normalized spacial score (nSPS) is 18.1. The summed E-state index contributed by atoms with van der Waals surface area (Å²) in [6, 6.07) is 1.81. The van der Waals surface area contributed by atoms with Crippen LogP contribution in [0.2, 0.25) is 0 Å². The van der Waals surface area contributed by atoms with Crippen molar-refractivity contribution in [1.82, 2.24) is 9.97 Å². The number of aromatic nitrogens is 2. The summed E-state index contributed by atoms with van der Waals surface area (Å²) in [7, 11) is 1.77. The van der Waals surface area contributed by atoms with Crippen LogP contribution in [-0.2, 0) is 4.74 Å². The van der Waals surface area contributed by atoms with Gasteiger partial charge in [0.2, 0.25) is 0 Å². The van der Waals surface area contributed by atoms with Gasteiger partial charge in [-0.05, 0) is 12.8 Å². The molecule has 1 aromatic heterocycles. The third-order valence-corrected chi connectivity index (χ3v) is 2.77. The standard InChI is InChI=1S/C10H16N4O/c1-15-8-2-4-14(5-3-8)10-6-9(11)12-7-13-10/h6-8H,2-5H2,1H3,(H2,11,12,13). The molecule has 1 aromatic rings. The van der Waals surface area contributed by atoms with Crippen LogP contribution in [0.15, 0.2) is 12.4 Å².